The highest BCUT2D eigenvalue weighted by Crippen LogP contribution is 2.29. The number of aliphatic hydroxyl groups is 4. The van der Waals surface area contributed by atoms with Crippen molar-refractivity contribution >= 4 is 0 Å². The Morgan fingerprint density at radius 1 is 0.500 bits per heavy atom. The fraction of sp³-hybridized carbons (Fsp3) is 1.00. The minimum Gasteiger partial charge on any atom is -0.396 e. The van der Waals surface area contributed by atoms with E-state index in [0.29, 0.717) is 36.9 Å². The highest BCUT2D eigenvalue weighted by atomic mass is 16.3. The summed E-state index contributed by atoms with van der Waals surface area (Å²) in [6.07, 6.45) is 9.04. The Morgan fingerprint density at radius 3 is 1.10 bits per heavy atom. The van der Waals surface area contributed by atoms with Crippen molar-refractivity contribution in [1.29, 1.82) is 0 Å². The van der Waals surface area contributed by atoms with Crippen LogP contribution in [0.25, 0.3) is 0 Å². The largest absolute Gasteiger partial charge is 0.396 e. The van der Waals surface area contributed by atoms with Gasteiger partial charge in [-0.3, -0.25) is 0 Å². The topological polar surface area (TPSA) is 80.9 Å². The van der Waals surface area contributed by atoms with E-state index >= 15 is 0 Å². The summed E-state index contributed by atoms with van der Waals surface area (Å²) < 4.78 is 0. The molecule has 4 heteroatoms. The molecule has 2 atom stereocenters. The Morgan fingerprint density at radius 2 is 0.850 bits per heavy atom. The van der Waals surface area contributed by atoms with Gasteiger partial charge in [-0.1, -0.05) is 12.8 Å². The normalized spacial score (nSPS) is 34.2. The summed E-state index contributed by atoms with van der Waals surface area (Å²) in [5.74, 6) is 1.78. The molecule has 2 rings (SSSR count). The first-order valence-corrected chi connectivity index (χ1v) is 8.18. The quantitative estimate of drug-likeness (QED) is 0.633. The molecule has 2 fully saturated rings. The second kappa shape index (κ2) is 10.6. The van der Waals surface area contributed by atoms with Gasteiger partial charge in [-0.05, 0) is 62.2 Å². The van der Waals surface area contributed by atoms with Crippen molar-refractivity contribution in [3.63, 3.8) is 0 Å². The molecular weight excluding hydrogens is 256 g/mol. The molecule has 0 amide bonds. The van der Waals surface area contributed by atoms with Crippen molar-refractivity contribution in [3.05, 3.63) is 0 Å². The zero-order valence-electron chi connectivity index (χ0n) is 12.6. The molecule has 0 spiro atoms. The van der Waals surface area contributed by atoms with E-state index in [0.717, 1.165) is 38.5 Å². The van der Waals surface area contributed by atoms with Crippen molar-refractivity contribution < 1.29 is 20.4 Å². The predicted molar refractivity (Wildman–Crippen MR) is 79.2 cm³/mol. The van der Waals surface area contributed by atoms with Crippen LogP contribution >= 0.6 is 0 Å². The molecule has 2 saturated carbocycles. The van der Waals surface area contributed by atoms with E-state index in [1.807, 2.05) is 0 Å². The molecule has 0 aromatic rings. The summed E-state index contributed by atoms with van der Waals surface area (Å²) in [7, 11) is 0. The average molecular weight is 288 g/mol. The van der Waals surface area contributed by atoms with E-state index in [4.69, 9.17) is 20.4 Å². The van der Waals surface area contributed by atoms with Crippen LogP contribution in [-0.2, 0) is 0 Å². The van der Waals surface area contributed by atoms with Crippen LogP contribution in [0.1, 0.15) is 51.4 Å². The van der Waals surface area contributed by atoms with Crippen LogP contribution in [0, 0.1) is 23.7 Å². The average Bonchev–Trinajstić information content (AvgIpc) is 2.55. The Kier molecular flexibility index (Phi) is 9.44. The molecule has 0 aromatic heterocycles. The van der Waals surface area contributed by atoms with Gasteiger partial charge in [-0.2, -0.15) is 0 Å². The van der Waals surface area contributed by atoms with E-state index in [1.54, 1.807) is 0 Å². The van der Waals surface area contributed by atoms with Gasteiger partial charge in [0.15, 0.2) is 0 Å². The van der Waals surface area contributed by atoms with Crippen LogP contribution in [0.3, 0.4) is 0 Å². The van der Waals surface area contributed by atoms with Gasteiger partial charge in [0.25, 0.3) is 0 Å². The Bertz CT molecular complexity index is 203. The minimum absolute atomic E-state index is 0.255. The summed E-state index contributed by atoms with van der Waals surface area (Å²) in [6, 6.07) is 0. The summed E-state index contributed by atoms with van der Waals surface area (Å²) in [4.78, 5) is 0. The van der Waals surface area contributed by atoms with Crippen LogP contribution in [0.2, 0.25) is 0 Å². The van der Waals surface area contributed by atoms with Crippen molar-refractivity contribution in [1.82, 2.24) is 0 Å². The van der Waals surface area contributed by atoms with Crippen LogP contribution in [0.5, 0.6) is 0 Å². The maximum absolute atomic E-state index is 8.88. The Balaban J connectivity index is 0.000000200. The van der Waals surface area contributed by atoms with Crippen LogP contribution in [0.4, 0.5) is 0 Å². The highest BCUT2D eigenvalue weighted by molar-refractivity contribution is 4.73. The lowest BCUT2D eigenvalue weighted by Crippen LogP contribution is -2.25. The summed E-state index contributed by atoms with van der Waals surface area (Å²) in [6.45, 7) is 1.17. The zero-order chi connectivity index (χ0) is 14.8. The van der Waals surface area contributed by atoms with Gasteiger partial charge < -0.3 is 20.4 Å². The molecular formula is C16H32O4. The third-order valence-corrected chi connectivity index (χ3v) is 5.02. The van der Waals surface area contributed by atoms with Gasteiger partial charge in [0.2, 0.25) is 0 Å². The molecule has 2 aliphatic rings. The number of rotatable bonds is 4. The molecule has 0 radical (unpaired) electrons. The van der Waals surface area contributed by atoms with Gasteiger partial charge >= 0.3 is 0 Å². The van der Waals surface area contributed by atoms with Crippen LogP contribution < -0.4 is 0 Å². The number of hydrogen-bond acceptors (Lipinski definition) is 4. The second-order valence-corrected chi connectivity index (χ2v) is 6.42. The fourth-order valence-electron chi connectivity index (χ4n) is 3.36. The van der Waals surface area contributed by atoms with Gasteiger partial charge in [0, 0.05) is 26.4 Å². The van der Waals surface area contributed by atoms with Crippen molar-refractivity contribution in [2.75, 3.05) is 26.4 Å². The zero-order valence-corrected chi connectivity index (χ0v) is 12.6. The number of hydrogen-bond donors (Lipinski definition) is 4. The van der Waals surface area contributed by atoms with E-state index in [2.05, 4.69) is 0 Å². The summed E-state index contributed by atoms with van der Waals surface area (Å²) >= 11 is 0. The molecule has 0 aliphatic heterocycles. The molecule has 2 unspecified atom stereocenters. The predicted octanol–water partition coefficient (Wildman–Crippen LogP) is 1.55. The molecule has 0 bridgehead atoms. The fourth-order valence-corrected chi connectivity index (χ4v) is 3.36. The second-order valence-electron chi connectivity index (χ2n) is 6.42. The molecule has 4 N–H and O–H groups in total. The molecule has 4 nitrogen and oxygen atoms in total. The third-order valence-electron chi connectivity index (χ3n) is 5.02. The molecule has 0 aromatic carbocycles. The van der Waals surface area contributed by atoms with Crippen LogP contribution in [-0.4, -0.2) is 46.9 Å². The van der Waals surface area contributed by atoms with E-state index in [1.165, 1.54) is 12.8 Å². The third kappa shape index (κ3) is 6.08. The van der Waals surface area contributed by atoms with E-state index in [9.17, 15) is 0 Å². The SMILES string of the molecule is OCC1CCC(CO)CC1.OCC1CCCCC1CO. The maximum atomic E-state index is 8.88. The smallest absolute Gasteiger partial charge is 0.0462 e. The Hall–Kier alpha value is -0.160. The molecule has 0 saturated heterocycles. The first-order valence-electron chi connectivity index (χ1n) is 8.18. The van der Waals surface area contributed by atoms with Gasteiger partial charge in [0.05, 0.1) is 0 Å². The summed E-state index contributed by atoms with van der Waals surface area (Å²) in [5, 5.41) is 35.3. The van der Waals surface area contributed by atoms with Gasteiger partial charge in [-0.25, -0.2) is 0 Å². The van der Waals surface area contributed by atoms with E-state index < -0.39 is 0 Å². The first-order chi connectivity index (χ1) is 9.74. The van der Waals surface area contributed by atoms with Crippen molar-refractivity contribution in [3.8, 4) is 0 Å². The van der Waals surface area contributed by atoms with Gasteiger partial charge in [-0.15, -0.1) is 0 Å². The first kappa shape index (κ1) is 17.9. The van der Waals surface area contributed by atoms with Crippen molar-refractivity contribution in [2.45, 2.75) is 51.4 Å². The minimum atomic E-state index is 0.255. The maximum Gasteiger partial charge on any atom is 0.0462 e. The summed E-state index contributed by atoms with van der Waals surface area (Å²) in [5.41, 5.74) is 0. The molecule has 20 heavy (non-hydrogen) atoms. The Labute approximate surface area is 122 Å². The monoisotopic (exact) mass is 288 g/mol. The lowest BCUT2D eigenvalue weighted by atomic mass is 9.80. The molecule has 2 aliphatic carbocycles. The van der Waals surface area contributed by atoms with Crippen LogP contribution in [0.15, 0.2) is 0 Å². The molecule has 0 heterocycles. The molecule has 120 valence electrons. The van der Waals surface area contributed by atoms with Crippen molar-refractivity contribution in [2.24, 2.45) is 23.7 Å². The number of aliphatic hydroxyl groups excluding tert-OH is 4. The standard InChI is InChI=1S/2C8H16O2/c9-5-7-1-2-8(6-10)4-3-7;9-5-7-3-1-2-4-8(7)6-10/h2*7-10H,1-6H2. The van der Waals surface area contributed by atoms with Gasteiger partial charge in [0.1, 0.15) is 0 Å². The van der Waals surface area contributed by atoms with E-state index in [-0.39, 0.29) is 13.2 Å². The lowest BCUT2D eigenvalue weighted by Gasteiger charge is -2.28. The lowest BCUT2D eigenvalue weighted by molar-refractivity contribution is 0.0869. The highest BCUT2D eigenvalue weighted by Gasteiger charge is 2.23.